The number of hydrogen-bond acceptors (Lipinski definition) is 3. The van der Waals surface area contributed by atoms with Crippen molar-refractivity contribution < 1.29 is 0 Å². The summed E-state index contributed by atoms with van der Waals surface area (Å²) < 4.78 is 0. The molecule has 0 spiro atoms. The van der Waals surface area contributed by atoms with E-state index < -0.39 is 0 Å². The molecule has 0 saturated carbocycles. The third-order valence-corrected chi connectivity index (χ3v) is 3.33. The smallest absolute Gasteiger partial charge is 0.133 e. The summed E-state index contributed by atoms with van der Waals surface area (Å²) in [5, 5.41) is 3.46. The standard InChI is InChI=1S/C17H23N3/c1-11(2)17-18-13(4)10-16(20-17)19-14(5)15-8-6-12(3)7-9-15/h6-11,14H,1-5H3,(H,18,19,20). The van der Waals surface area contributed by atoms with E-state index in [0.29, 0.717) is 5.92 Å². The summed E-state index contributed by atoms with van der Waals surface area (Å²) in [6, 6.07) is 10.8. The molecular weight excluding hydrogens is 246 g/mol. The molecule has 1 atom stereocenters. The van der Waals surface area contributed by atoms with Crippen LogP contribution < -0.4 is 5.32 Å². The van der Waals surface area contributed by atoms with E-state index in [1.54, 1.807) is 0 Å². The van der Waals surface area contributed by atoms with Crippen LogP contribution in [0.2, 0.25) is 0 Å². The molecule has 3 heteroatoms. The summed E-state index contributed by atoms with van der Waals surface area (Å²) >= 11 is 0. The fourth-order valence-corrected chi connectivity index (χ4v) is 2.08. The van der Waals surface area contributed by atoms with Crippen molar-refractivity contribution in [3.05, 3.63) is 53.0 Å². The van der Waals surface area contributed by atoms with Gasteiger partial charge in [0.05, 0.1) is 0 Å². The second-order valence-electron chi connectivity index (χ2n) is 5.68. The Morgan fingerprint density at radius 1 is 0.950 bits per heavy atom. The minimum atomic E-state index is 0.227. The van der Waals surface area contributed by atoms with E-state index in [0.717, 1.165) is 17.3 Å². The second-order valence-corrected chi connectivity index (χ2v) is 5.68. The van der Waals surface area contributed by atoms with Crippen molar-refractivity contribution in [2.45, 2.75) is 46.6 Å². The molecule has 1 heterocycles. The topological polar surface area (TPSA) is 37.8 Å². The molecule has 2 rings (SSSR count). The normalized spacial score (nSPS) is 12.5. The van der Waals surface area contributed by atoms with Gasteiger partial charge in [-0.1, -0.05) is 43.7 Å². The molecule has 1 aromatic heterocycles. The molecule has 106 valence electrons. The molecule has 0 amide bonds. The van der Waals surface area contributed by atoms with E-state index in [1.165, 1.54) is 11.1 Å². The fourth-order valence-electron chi connectivity index (χ4n) is 2.08. The summed E-state index contributed by atoms with van der Waals surface area (Å²) in [5.74, 6) is 2.13. The van der Waals surface area contributed by atoms with Gasteiger partial charge >= 0.3 is 0 Å². The highest BCUT2D eigenvalue weighted by Gasteiger charge is 2.09. The van der Waals surface area contributed by atoms with Crippen LogP contribution in [0.15, 0.2) is 30.3 Å². The number of anilines is 1. The molecule has 1 aromatic carbocycles. The highest BCUT2D eigenvalue weighted by Crippen LogP contribution is 2.20. The summed E-state index contributed by atoms with van der Waals surface area (Å²) in [6.07, 6.45) is 0. The average Bonchev–Trinajstić information content (AvgIpc) is 2.38. The molecule has 0 radical (unpaired) electrons. The van der Waals surface area contributed by atoms with Crippen LogP contribution in [0.3, 0.4) is 0 Å². The van der Waals surface area contributed by atoms with Crippen LogP contribution in [-0.2, 0) is 0 Å². The molecule has 1 unspecified atom stereocenters. The van der Waals surface area contributed by atoms with E-state index in [9.17, 15) is 0 Å². The SMILES string of the molecule is Cc1ccc(C(C)Nc2cc(C)nc(C(C)C)n2)cc1. The third-order valence-electron chi connectivity index (χ3n) is 3.33. The molecule has 1 N–H and O–H groups in total. The van der Waals surface area contributed by atoms with Crippen LogP contribution in [0.1, 0.15) is 55.4 Å². The number of nitrogens with zero attached hydrogens (tertiary/aromatic N) is 2. The maximum absolute atomic E-state index is 4.59. The van der Waals surface area contributed by atoms with Crippen molar-refractivity contribution in [1.29, 1.82) is 0 Å². The van der Waals surface area contributed by atoms with Crippen LogP contribution in [0.5, 0.6) is 0 Å². The van der Waals surface area contributed by atoms with Gasteiger partial charge in [-0.25, -0.2) is 9.97 Å². The summed E-state index contributed by atoms with van der Waals surface area (Å²) in [5.41, 5.74) is 3.54. The number of aromatic nitrogens is 2. The number of benzene rings is 1. The van der Waals surface area contributed by atoms with E-state index in [1.807, 2.05) is 13.0 Å². The quantitative estimate of drug-likeness (QED) is 0.894. The minimum absolute atomic E-state index is 0.227. The number of hydrogen-bond donors (Lipinski definition) is 1. The highest BCUT2D eigenvalue weighted by atomic mass is 15.0. The van der Waals surface area contributed by atoms with Gasteiger partial charge in [0, 0.05) is 23.7 Å². The summed E-state index contributed by atoms with van der Waals surface area (Å²) in [6.45, 7) is 10.5. The lowest BCUT2D eigenvalue weighted by atomic mass is 10.1. The number of aryl methyl sites for hydroxylation is 2. The van der Waals surface area contributed by atoms with Crippen LogP contribution in [0, 0.1) is 13.8 Å². The monoisotopic (exact) mass is 269 g/mol. The first-order chi connectivity index (χ1) is 9.45. The zero-order chi connectivity index (χ0) is 14.7. The predicted molar refractivity (Wildman–Crippen MR) is 84.1 cm³/mol. The lowest BCUT2D eigenvalue weighted by Gasteiger charge is -2.16. The summed E-state index contributed by atoms with van der Waals surface area (Å²) in [7, 11) is 0. The zero-order valence-corrected chi connectivity index (χ0v) is 12.9. The van der Waals surface area contributed by atoms with Crippen molar-refractivity contribution in [2.75, 3.05) is 5.32 Å². The first kappa shape index (κ1) is 14.5. The van der Waals surface area contributed by atoms with Crippen molar-refractivity contribution in [1.82, 2.24) is 9.97 Å². The maximum atomic E-state index is 4.59. The number of nitrogens with one attached hydrogen (secondary N) is 1. The second kappa shape index (κ2) is 6.04. The van der Waals surface area contributed by atoms with Crippen LogP contribution in [-0.4, -0.2) is 9.97 Å². The van der Waals surface area contributed by atoms with Crippen molar-refractivity contribution in [3.63, 3.8) is 0 Å². The van der Waals surface area contributed by atoms with Crippen molar-refractivity contribution >= 4 is 5.82 Å². The third kappa shape index (κ3) is 3.56. The van der Waals surface area contributed by atoms with Crippen molar-refractivity contribution in [3.8, 4) is 0 Å². The molecule has 0 bridgehead atoms. The predicted octanol–water partition coefficient (Wildman–Crippen LogP) is 4.39. The molecule has 20 heavy (non-hydrogen) atoms. The van der Waals surface area contributed by atoms with E-state index in [2.05, 4.69) is 67.2 Å². The molecule has 2 aromatic rings. The Balaban J connectivity index is 2.18. The van der Waals surface area contributed by atoms with Gasteiger partial charge in [-0.3, -0.25) is 0 Å². The Labute approximate surface area is 121 Å². The van der Waals surface area contributed by atoms with Gasteiger partial charge in [0.2, 0.25) is 0 Å². The van der Waals surface area contributed by atoms with Crippen LogP contribution >= 0.6 is 0 Å². The van der Waals surface area contributed by atoms with Gasteiger partial charge < -0.3 is 5.32 Å². The fraction of sp³-hybridized carbons (Fsp3) is 0.412. The van der Waals surface area contributed by atoms with Gasteiger partial charge in [0.15, 0.2) is 0 Å². The molecule has 0 saturated heterocycles. The lowest BCUT2D eigenvalue weighted by molar-refractivity contribution is 0.761. The van der Waals surface area contributed by atoms with E-state index in [-0.39, 0.29) is 6.04 Å². The highest BCUT2D eigenvalue weighted by molar-refractivity contribution is 5.40. The Kier molecular flexibility index (Phi) is 4.38. The van der Waals surface area contributed by atoms with Crippen LogP contribution in [0.25, 0.3) is 0 Å². The van der Waals surface area contributed by atoms with Crippen LogP contribution in [0.4, 0.5) is 5.82 Å². The molecule has 0 aliphatic heterocycles. The lowest BCUT2D eigenvalue weighted by Crippen LogP contribution is -2.10. The Hall–Kier alpha value is -1.90. The average molecular weight is 269 g/mol. The Bertz CT molecular complexity index is 573. The first-order valence-corrected chi connectivity index (χ1v) is 7.14. The largest absolute Gasteiger partial charge is 0.363 e. The molecular formula is C17H23N3. The van der Waals surface area contributed by atoms with Gasteiger partial charge in [-0.05, 0) is 26.3 Å². The van der Waals surface area contributed by atoms with Gasteiger partial charge in [-0.2, -0.15) is 0 Å². The van der Waals surface area contributed by atoms with E-state index in [4.69, 9.17) is 0 Å². The zero-order valence-electron chi connectivity index (χ0n) is 12.9. The molecule has 0 aliphatic rings. The van der Waals surface area contributed by atoms with Gasteiger partial charge in [0.1, 0.15) is 11.6 Å². The van der Waals surface area contributed by atoms with E-state index >= 15 is 0 Å². The molecule has 0 fully saturated rings. The minimum Gasteiger partial charge on any atom is -0.363 e. The van der Waals surface area contributed by atoms with Gasteiger partial charge in [0.25, 0.3) is 0 Å². The Morgan fingerprint density at radius 2 is 1.60 bits per heavy atom. The summed E-state index contributed by atoms with van der Waals surface area (Å²) in [4.78, 5) is 9.07. The molecule has 0 aliphatic carbocycles. The maximum Gasteiger partial charge on any atom is 0.133 e. The van der Waals surface area contributed by atoms with Crippen molar-refractivity contribution in [2.24, 2.45) is 0 Å². The Morgan fingerprint density at radius 3 is 2.20 bits per heavy atom. The molecule has 3 nitrogen and oxygen atoms in total. The van der Waals surface area contributed by atoms with Gasteiger partial charge in [-0.15, -0.1) is 0 Å². The first-order valence-electron chi connectivity index (χ1n) is 7.14. The number of rotatable bonds is 4.